The smallest absolute Gasteiger partial charge is 0.135 e. The maximum Gasteiger partial charge on any atom is 0.135 e. The molecule has 2 heterocycles. The largest absolute Gasteiger partial charge is 0.495 e. The first kappa shape index (κ1) is 9.98. The molecule has 0 aliphatic rings. The van der Waals surface area contributed by atoms with Gasteiger partial charge in [0.2, 0.25) is 0 Å². The highest BCUT2D eigenvalue weighted by Gasteiger charge is 2.03. The Morgan fingerprint density at radius 1 is 1.47 bits per heavy atom. The minimum Gasteiger partial charge on any atom is -0.495 e. The van der Waals surface area contributed by atoms with Crippen molar-refractivity contribution in [2.45, 2.75) is 12.8 Å². The van der Waals surface area contributed by atoms with Gasteiger partial charge in [0.25, 0.3) is 0 Å². The average Bonchev–Trinajstić information content (AvgIpc) is 2.68. The lowest BCUT2D eigenvalue weighted by atomic mass is 10.3. The summed E-state index contributed by atoms with van der Waals surface area (Å²) in [5.41, 5.74) is 1.05. The van der Waals surface area contributed by atoms with E-state index in [9.17, 15) is 0 Å². The fraction of sp³-hybridized carbons (Fsp3) is 0.364. The van der Waals surface area contributed by atoms with Crippen LogP contribution in [0.25, 0.3) is 5.52 Å². The summed E-state index contributed by atoms with van der Waals surface area (Å²) in [6.45, 7) is 0.193. The third-order valence-electron chi connectivity index (χ3n) is 2.37. The maximum absolute atomic E-state index is 8.78. The first-order chi connectivity index (χ1) is 7.35. The Bertz CT molecular complexity index is 451. The quantitative estimate of drug-likeness (QED) is 0.819. The van der Waals surface area contributed by atoms with Crippen molar-refractivity contribution in [1.82, 2.24) is 9.38 Å². The van der Waals surface area contributed by atoms with Crippen LogP contribution in [-0.2, 0) is 6.42 Å². The SMILES string of the molecule is COc1ccc2cnc(CCCO)n2c1. The summed E-state index contributed by atoms with van der Waals surface area (Å²) in [5.74, 6) is 1.77. The molecule has 0 bridgehead atoms. The molecule has 80 valence electrons. The van der Waals surface area contributed by atoms with Gasteiger partial charge in [0, 0.05) is 13.0 Å². The summed E-state index contributed by atoms with van der Waals surface area (Å²) in [6.07, 6.45) is 5.25. The van der Waals surface area contributed by atoms with Gasteiger partial charge in [-0.3, -0.25) is 0 Å². The van der Waals surface area contributed by atoms with E-state index in [0.29, 0.717) is 0 Å². The number of aryl methyl sites for hydroxylation is 1. The zero-order chi connectivity index (χ0) is 10.7. The van der Waals surface area contributed by atoms with Gasteiger partial charge >= 0.3 is 0 Å². The van der Waals surface area contributed by atoms with E-state index < -0.39 is 0 Å². The first-order valence-corrected chi connectivity index (χ1v) is 4.96. The van der Waals surface area contributed by atoms with Crippen molar-refractivity contribution in [3.63, 3.8) is 0 Å². The van der Waals surface area contributed by atoms with Crippen LogP contribution in [0, 0.1) is 0 Å². The van der Waals surface area contributed by atoms with Crippen molar-refractivity contribution in [3.8, 4) is 5.75 Å². The molecule has 0 saturated carbocycles. The number of nitrogens with zero attached hydrogens (tertiary/aromatic N) is 2. The van der Waals surface area contributed by atoms with Gasteiger partial charge < -0.3 is 14.2 Å². The number of aromatic nitrogens is 2. The van der Waals surface area contributed by atoms with Crippen LogP contribution in [0.4, 0.5) is 0 Å². The summed E-state index contributed by atoms with van der Waals surface area (Å²) >= 11 is 0. The summed E-state index contributed by atoms with van der Waals surface area (Å²) in [7, 11) is 1.64. The van der Waals surface area contributed by atoms with Crippen LogP contribution >= 0.6 is 0 Å². The Balaban J connectivity index is 2.38. The molecule has 0 saturated heterocycles. The average molecular weight is 206 g/mol. The van der Waals surface area contributed by atoms with Crippen molar-refractivity contribution in [2.24, 2.45) is 0 Å². The molecule has 0 spiro atoms. The van der Waals surface area contributed by atoms with E-state index in [0.717, 1.165) is 29.9 Å². The molecule has 4 nitrogen and oxygen atoms in total. The molecule has 0 unspecified atom stereocenters. The second kappa shape index (κ2) is 4.31. The Morgan fingerprint density at radius 2 is 2.33 bits per heavy atom. The Hall–Kier alpha value is -1.55. The van der Waals surface area contributed by atoms with Crippen LogP contribution in [0.15, 0.2) is 24.5 Å². The highest BCUT2D eigenvalue weighted by Crippen LogP contribution is 2.15. The van der Waals surface area contributed by atoms with Crippen LogP contribution in [0.2, 0.25) is 0 Å². The van der Waals surface area contributed by atoms with Crippen molar-refractivity contribution in [1.29, 1.82) is 0 Å². The molecule has 0 radical (unpaired) electrons. The summed E-state index contributed by atoms with van der Waals surface area (Å²) in [5, 5.41) is 8.78. The molecule has 4 heteroatoms. The molecule has 2 aromatic heterocycles. The van der Waals surface area contributed by atoms with Gasteiger partial charge in [-0.1, -0.05) is 0 Å². The van der Waals surface area contributed by atoms with Crippen LogP contribution in [0.5, 0.6) is 5.75 Å². The minimum atomic E-state index is 0.193. The summed E-state index contributed by atoms with van der Waals surface area (Å²) in [4.78, 5) is 4.30. The molecular weight excluding hydrogens is 192 g/mol. The zero-order valence-corrected chi connectivity index (χ0v) is 8.68. The first-order valence-electron chi connectivity index (χ1n) is 4.96. The molecular formula is C11H14N2O2. The molecule has 15 heavy (non-hydrogen) atoms. The number of aliphatic hydroxyl groups is 1. The number of hydrogen-bond acceptors (Lipinski definition) is 3. The van der Waals surface area contributed by atoms with Gasteiger partial charge in [0.15, 0.2) is 0 Å². The number of fused-ring (bicyclic) bond motifs is 1. The van der Waals surface area contributed by atoms with Gasteiger partial charge in [-0.25, -0.2) is 4.98 Å². The lowest BCUT2D eigenvalue weighted by molar-refractivity contribution is 0.287. The van der Waals surface area contributed by atoms with Crippen molar-refractivity contribution in [3.05, 3.63) is 30.4 Å². The molecule has 0 amide bonds. The molecule has 2 rings (SSSR count). The maximum atomic E-state index is 8.78. The summed E-state index contributed by atoms with van der Waals surface area (Å²) < 4.78 is 7.15. The second-order valence-corrected chi connectivity index (χ2v) is 3.37. The lowest BCUT2D eigenvalue weighted by Crippen LogP contribution is -1.97. The molecule has 0 aromatic carbocycles. The Labute approximate surface area is 88.1 Å². The van der Waals surface area contributed by atoms with Crippen LogP contribution in [0.3, 0.4) is 0 Å². The zero-order valence-electron chi connectivity index (χ0n) is 8.68. The molecule has 2 aromatic rings. The Kier molecular flexibility index (Phi) is 2.87. The predicted molar refractivity (Wildman–Crippen MR) is 57.2 cm³/mol. The third kappa shape index (κ3) is 1.94. The number of methoxy groups -OCH3 is 1. The minimum absolute atomic E-state index is 0.193. The van der Waals surface area contributed by atoms with Crippen molar-refractivity contribution in [2.75, 3.05) is 13.7 Å². The predicted octanol–water partition coefficient (Wildman–Crippen LogP) is 1.27. The third-order valence-corrected chi connectivity index (χ3v) is 2.37. The number of rotatable bonds is 4. The number of pyridine rings is 1. The highest BCUT2D eigenvalue weighted by atomic mass is 16.5. The van der Waals surface area contributed by atoms with Crippen LogP contribution < -0.4 is 4.74 Å². The van der Waals surface area contributed by atoms with E-state index >= 15 is 0 Å². The molecule has 1 N–H and O–H groups in total. The normalized spacial score (nSPS) is 10.8. The van der Waals surface area contributed by atoms with E-state index in [2.05, 4.69) is 4.98 Å². The van der Waals surface area contributed by atoms with E-state index in [-0.39, 0.29) is 6.61 Å². The number of aliphatic hydroxyl groups excluding tert-OH is 1. The number of ether oxygens (including phenoxy) is 1. The number of hydrogen-bond donors (Lipinski definition) is 1. The molecule has 0 aliphatic carbocycles. The van der Waals surface area contributed by atoms with Gasteiger partial charge in [-0.2, -0.15) is 0 Å². The topological polar surface area (TPSA) is 46.8 Å². The molecule has 0 atom stereocenters. The van der Waals surface area contributed by atoms with Crippen LogP contribution in [0.1, 0.15) is 12.2 Å². The van der Waals surface area contributed by atoms with Crippen LogP contribution in [-0.4, -0.2) is 28.2 Å². The van der Waals surface area contributed by atoms with E-state index in [1.807, 2.05) is 28.9 Å². The van der Waals surface area contributed by atoms with E-state index in [4.69, 9.17) is 9.84 Å². The highest BCUT2D eigenvalue weighted by molar-refractivity contribution is 5.48. The van der Waals surface area contributed by atoms with Gasteiger partial charge in [-0.15, -0.1) is 0 Å². The van der Waals surface area contributed by atoms with Gasteiger partial charge in [0.1, 0.15) is 11.6 Å². The molecule has 0 fully saturated rings. The molecule has 0 aliphatic heterocycles. The lowest BCUT2D eigenvalue weighted by Gasteiger charge is -2.03. The van der Waals surface area contributed by atoms with E-state index in [1.54, 1.807) is 7.11 Å². The number of imidazole rings is 1. The van der Waals surface area contributed by atoms with Gasteiger partial charge in [0.05, 0.1) is 25.0 Å². The van der Waals surface area contributed by atoms with Crippen molar-refractivity contribution >= 4 is 5.52 Å². The van der Waals surface area contributed by atoms with E-state index in [1.165, 1.54) is 0 Å². The van der Waals surface area contributed by atoms with Crippen molar-refractivity contribution < 1.29 is 9.84 Å². The fourth-order valence-corrected chi connectivity index (χ4v) is 1.57. The Morgan fingerprint density at radius 3 is 3.07 bits per heavy atom. The summed E-state index contributed by atoms with van der Waals surface area (Å²) in [6, 6.07) is 3.88. The second-order valence-electron chi connectivity index (χ2n) is 3.37. The standard InChI is InChI=1S/C11H14N2O2/c1-15-10-5-4-9-7-12-11(3-2-6-14)13(9)8-10/h4-5,7-8,14H,2-3,6H2,1H3. The fourth-order valence-electron chi connectivity index (χ4n) is 1.57. The van der Waals surface area contributed by atoms with Gasteiger partial charge in [-0.05, 0) is 18.6 Å². The monoisotopic (exact) mass is 206 g/mol.